The van der Waals surface area contributed by atoms with Crippen LogP contribution in [0.5, 0.6) is 11.5 Å². The van der Waals surface area contributed by atoms with E-state index in [-0.39, 0.29) is 32.5 Å². The van der Waals surface area contributed by atoms with Crippen LogP contribution in [0.2, 0.25) is 0 Å². The Balaban J connectivity index is 0.000000430. The van der Waals surface area contributed by atoms with E-state index in [1.807, 2.05) is 72.8 Å². The van der Waals surface area contributed by atoms with Crippen LogP contribution in [0, 0.1) is 0 Å². The van der Waals surface area contributed by atoms with E-state index in [2.05, 4.69) is 24.3 Å². The maximum absolute atomic E-state index is 10.5. The minimum Gasteiger partial charge on any atom is -0.542 e. The fourth-order valence-electron chi connectivity index (χ4n) is 4.85. The maximum Gasteiger partial charge on any atom is 2.00 e. The minimum atomic E-state index is -5.19. The number of methoxy groups -OCH3 is 2. The fourth-order valence-corrected chi connectivity index (χ4v) is 4.85. The molecule has 0 spiro atoms. The molecule has 0 amide bonds. The summed E-state index contributed by atoms with van der Waals surface area (Å²) in [6.07, 6.45) is -10.4. The normalized spacial score (nSPS) is 16.1. The second kappa shape index (κ2) is 18.4. The van der Waals surface area contributed by atoms with Gasteiger partial charge in [0, 0.05) is 11.1 Å². The number of carboxylic acid groups (broad SMARTS) is 2. The van der Waals surface area contributed by atoms with E-state index in [1.54, 1.807) is 14.2 Å². The molecule has 0 radical (unpaired) electrons. The second-order valence-electron chi connectivity index (χ2n) is 10.7. The first kappa shape index (κ1) is 42.0. The molecule has 0 unspecified atom stereocenters. The van der Waals surface area contributed by atoms with Crippen molar-refractivity contribution in [3.63, 3.8) is 0 Å². The van der Waals surface area contributed by atoms with E-state index >= 15 is 0 Å². The SMILES string of the molecule is COc1ccc(C2=N[C@@H](c3ccccc3)CO2)c(-c2cc(OC)ccc2C2=N[C@@H](c3ccccc3)CO2)c1.O=C([O-])C(F)(F)F.O=C([O-])C(F)(F)F.[Pd+2]. The predicted octanol–water partition coefficient (Wildman–Crippen LogP) is 5.00. The molecule has 10 nitrogen and oxygen atoms in total. The maximum atomic E-state index is 10.5. The Hall–Kier alpha value is -5.40. The summed E-state index contributed by atoms with van der Waals surface area (Å²) in [5.41, 5.74) is 5.80. The van der Waals surface area contributed by atoms with Crippen molar-refractivity contribution in [2.45, 2.75) is 24.4 Å². The number of hydrogen-bond donors (Lipinski definition) is 0. The summed E-state index contributed by atoms with van der Waals surface area (Å²) in [5.74, 6) is -3.36. The van der Waals surface area contributed by atoms with Crippen molar-refractivity contribution >= 4 is 23.7 Å². The van der Waals surface area contributed by atoms with Gasteiger partial charge in [0.2, 0.25) is 11.8 Å². The number of carbonyl (C=O) groups is 2. The number of rotatable bonds is 7. The van der Waals surface area contributed by atoms with Crippen LogP contribution in [-0.2, 0) is 39.5 Å². The molecule has 4 aromatic rings. The van der Waals surface area contributed by atoms with Crippen LogP contribution in [0.4, 0.5) is 26.3 Å². The third-order valence-corrected chi connectivity index (χ3v) is 7.34. The first-order chi connectivity index (χ1) is 24.6. The number of aliphatic imine (C=N–C) groups is 2. The largest absolute Gasteiger partial charge is 2.00 e. The van der Waals surface area contributed by atoms with Crippen molar-refractivity contribution in [1.82, 2.24) is 0 Å². The molecule has 4 aromatic carbocycles. The number of alkyl halides is 6. The number of carboxylic acids is 2. The van der Waals surface area contributed by atoms with Gasteiger partial charge < -0.3 is 38.7 Å². The third kappa shape index (κ3) is 11.3. The number of hydrogen-bond acceptors (Lipinski definition) is 10. The van der Waals surface area contributed by atoms with Crippen LogP contribution >= 0.6 is 0 Å². The van der Waals surface area contributed by atoms with Gasteiger partial charge >= 0.3 is 32.8 Å². The zero-order valence-electron chi connectivity index (χ0n) is 27.6. The van der Waals surface area contributed by atoms with Gasteiger partial charge in [0.25, 0.3) is 0 Å². The topological polar surface area (TPSA) is 142 Å². The molecular weight excluding hydrogens is 809 g/mol. The standard InChI is InChI=1S/C32H28N2O4.2C2HF3O2.Pd/c1-35-23-13-15-25(31-33-29(19-37-31)21-9-5-3-6-10-21)27(17-23)28-18-24(36-2)14-16-26(28)32-34-30(20-38-32)22-11-7-4-8-12-22;2*3-2(4,5)1(6)7;/h3-18,29-30H,19-20H2,1-2H3;2*(H,6,7);/q;;;+2/p-2/t29-,30-;;;/m1.../s1. The average Bonchev–Trinajstić information content (AvgIpc) is 3.83. The Morgan fingerprint density at radius 1 is 0.604 bits per heavy atom. The smallest absolute Gasteiger partial charge is 0.542 e. The van der Waals surface area contributed by atoms with E-state index < -0.39 is 24.3 Å². The summed E-state index contributed by atoms with van der Waals surface area (Å²) >= 11 is 0. The first-order valence-electron chi connectivity index (χ1n) is 15.1. The molecule has 0 N–H and O–H groups in total. The molecule has 53 heavy (non-hydrogen) atoms. The van der Waals surface area contributed by atoms with Crippen LogP contribution in [0.15, 0.2) is 107 Å². The zero-order valence-corrected chi connectivity index (χ0v) is 29.1. The molecule has 2 heterocycles. The molecule has 0 fully saturated rings. The Kier molecular flexibility index (Phi) is 14.6. The van der Waals surface area contributed by atoms with E-state index in [4.69, 9.17) is 48.7 Å². The molecule has 282 valence electrons. The van der Waals surface area contributed by atoms with Crippen LogP contribution in [0.1, 0.15) is 34.3 Å². The van der Waals surface area contributed by atoms with E-state index in [0.29, 0.717) is 25.0 Å². The van der Waals surface area contributed by atoms with Gasteiger partial charge in [-0.15, -0.1) is 0 Å². The van der Waals surface area contributed by atoms with Gasteiger partial charge in [0.1, 0.15) is 48.7 Å². The summed E-state index contributed by atoms with van der Waals surface area (Å²) in [5, 5.41) is 17.6. The molecule has 2 aliphatic heterocycles. The van der Waals surface area contributed by atoms with E-state index in [9.17, 15) is 26.3 Å². The fraction of sp³-hybridized carbons (Fsp3) is 0.222. The van der Waals surface area contributed by atoms with E-state index in [1.165, 1.54) is 0 Å². The van der Waals surface area contributed by atoms with Gasteiger partial charge in [-0.05, 0) is 58.7 Å². The first-order valence-corrected chi connectivity index (χ1v) is 15.1. The summed E-state index contributed by atoms with van der Waals surface area (Å²) in [6.45, 7) is 0.981. The van der Waals surface area contributed by atoms with Crippen LogP contribution < -0.4 is 19.7 Å². The van der Waals surface area contributed by atoms with Crippen molar-refractivity contribution in [1.29, 1.82) is 0 Å². The Morgan fingerprint density at radius 3 is 1.21 bits per heavy atom. The minimum absolute atomic E-state index is 0. The number of nitrogens with zero attached hydrogens (tertiary/aromatic N) is 2. The summed E-state index contributed by atoms with van der Waals surface area (Å²) in [7, 11) is 3.32. The molecule has 0 bridgehead atoms. The molecule has 2 atom stereocenters. The molecule has 2 aliphatic rings. The van der Waals surface area contributed by atoms with Gasteiger partial charge in [-0.3, -0.25) is 0 Å². The number of benzene rings is 4. The number of ether oxygens (including phenoxy) is 4. The van der Waals surface area contributed by atoms with Crippen LogP contribution in [-0.4, -0.2) is 63.5 Å². The average molecular weight is 837 g/mol. The van der Waals surface area contributed by atoms with E-state index in [0.717, 1.165) is 44.9 Å². The summed E-state index contributed by atoms with van der Waals surface area (Å²) < 4.78 is 86.6. The van der Waals surface area contributed by atoms with Gasteiger partial charge in [-0.25, -0.2) is 9.98 Å². The summed E-state index contributed by atoms with van der Waals surface area (Å²) in [4.78, 5) is 27.5. The third-order valence-electron chi connectivity index (χ3n) is 7.34. The monoisotopic (exact) mass is 836 g/mol. The molecule has 0 saturated heterocycles. The van der Waals surface area contributed by atoms with Gasteiger partial charge in [-0.2, -0.15) is 26.3 Å². The molecule has 6 rings (SSSR count). The van der Waals surface area contributed by atoms with Gasteiger partial charge in [0.15, 0.2) is 0 Å². The number of aliphatic carboxylic acids is 2. The quantitative estimate of drug-likeness (QED) is 0.187. The predicted molar refractivity (Wildman–Crippen MR) is 170 cm³/mol. The Morgan fingerprint density at radius 2 is 0.925 bits per heavy atom. The van der Waals surface area contributed by atoms with Crippen molar-refractivity contribution in [3.8, 4) is 22.6 Å². The summed E-state index contributed by atoms with van der Waals surface area (Å²) in [6, 6.07) is 32.1. The number of halogens is 6. The zero-order chi connectivity index (χ0) is 38.1. The molecule has 0 aromatic heterocycles. The van der Waals surface area contributed by atoms with Crippen molar-refractivity contribution in [2.75, 3.05) is 27.4 Å². The molecule has 17 heteroatoms. The van der Waals surface area contributed by atoms with Gasteiger partial charge in [-0.1, -0.05) is 60.7 Å². The van der Waals surface area contributed by atoms with Crippen molar-refractivity contribution < 1.29 is 85.5 Å². The Labute approximate surface area is 312 Å². The Bertz CT molecular complexity index is 1780. The number of carbonyl (C=O) groups excluding carboxylic acids is 2. The van der Waals surface area contributed by atoms with Crippen molar-refractivity contribution in [3.05, 3.63) is 119 Å². The van der Waals surface area contributed by atoms with Gasteiger partial charge in [0.05, 0.1) is 14.2 Å². The van der Waals surface area contributed by atoms with Crippen LogP contribution in [0.25, 0.3) is 11.1 Å². The molecule has 0 saturated carbocycles. The molecule has 0 aliphatic carbocycles. The van der Waals surface area contributed by atoms with Crippen molar-refractivity contribution in [2.24, 2.45) is 9.98 Å². The molecular formula is C36H28F6N2O8Pd. The van der Waals surface area contributed by atoms with Crippen LogP contribution in [0.3, 0.4) is 0 Å². The second-order valence-corrected chi connectivity index (χ2v) is 10.7.